The van der Waals surface area contributed by atoms with Gasteiger partial charge in [0.05, 0.1) is 5.56 Å². The van der Waals surface area contributed by atoms with Gasteiger partial charge in [0, 0.05) is 31.4 Å². The van der Waals surface area contributed by atoms with Gasteiger partial charge in [-0.05, 0) is 31.4 Å². The molecule has 1 amide bonds. The van der Waals surface area contributed by atoms with Crippen LogP contribution in [0.4, 0.5) is 13.2 Å². The molecule has 1 N–H and O–H groups in total. The van der Waals surface area contributed by atoms with Gasteiger partial charge in [0.2, 0.25) is 0 Å². The Morgan fingerprint density at radius 1 is 1.38 bits per heavy atom. The van der Waals surface area contributed by atoms with E-state index in [2.05, 4.69) is 10.3 Å². The molecular formula is C14H16F3N3O. The van der Waals surface area contributed by atoms with Crippen LogP contribution in [0.15, 0.2) is 18.3 Å². The number of likely N-dealkylation sites (tertiary alicyclic amines) is 1. The van der Waals surface area contributed by atoms with Gasteiger partial charge in [-0.3, -0.25) is 9.78 Å². The molecular weight excluding hydrogens is 283 g/mol. The third kappa shape index (κ3) is 2.50. The summed E-state index contributed by atoms with van der Waals surface area (Å²) < 4.78 is 37.5. The van der Waals surface area contributed by atoms with E-state index in [0.29, 0.717) is 5.92 Å². The van der Waals surface area contributed by atoms with E-state index in [0.717, 1.165) is 37.8 Å². The molecule has 2 aliphatic rings. The molecule has 2 saturated heterocycles. The molecule has 7 heteroatoms. The van der Waals surface area contributed by atoms with Gasteiger partial charge in [-0.1, -0.05) is 0 Å². The number of carbonyl (C=O) groups excluding carboxylic acids is 1. The fourth-order valence-corrected chi connectivity index (χ4v) is 3.33. The number of amides is 1. The second kappa shape index (κ2) is 4.98. The van der Waals surface area contributed by atoms with Gasteiger partial charge < -0.3 is 10.2 Å². The molecule has 3 heterocycles. The highest BCUT2D eigenvalue weighted by molar-refractivity contribution is 5.93. The average Bonchev–Trinajstić information content (AvgIpc) is 2.97. The number of alkyl halides is 3. The van der Waals surface area contributed by atoms with Gasteiger partial charge in [0.1, 0.15) is 5.69 Å². The van der Waals surface area contributed by atoms with Crippen LogP contribution in [0.1, 0.15) is 29.4 Å². The topological polar surface area (TPSA) is 45.2 Å². The van der Waals surface area contributed by atoms with E-state index in [1.165, 1.54) is 0 Å². The summed E-state index contributed by atoms with van der Waals surface area (Å²) >= 11 is 0. The third-order valence-electron chi connectivity index (χ3n) is 4.32. The van der Waals surface area contributed by atoms with Gasteiger partial charge in [-0.25, -0.2) is 0 Å². The summed E-state index contributed by atoms with van der Waals surface area (Å²) in [5.74, 6) is 0.144. The fourth-order valence-electron chi connectivity index (χ4n) is 3.33. The Morgan fingerprint density at radius 3 is 2.76 bits per heavy atom. The number of rotatable bonds is 1. The van der Waals surface area contributed by atoms with E-state index in [4.69, 9.17) is 0 Å². The van der Waals surface area contributed by atoms with Crippen molar-refractivity contribution in [3.63, 3.8) is 0 Å². The zero-order valence-corrected chi connectivity index (χ0v) is 11.5. The fraction of sp³-hybridized carbons (Fsp3) is 0.571. The summed E-state index contributed by atoms with van der Waals surface area (Å²) in [7, 11) is 0. The van der Waals surface area contributed by atoms with E-state index < -0.39 is 11.7 Å². The van der Waals surface area contributed by atoms with Gasteiger partial charge in [-0.2, -0.15) is 13.2 Å². The second-order valence-electron chi connectivity index (χ2n) is 5.71. The van der Waals surface area contributed by atoms with Crippen molar-refractivity contribution in [1.82, 2.24) is 15.2 Å². The van der Waals surface area contributed by atoms with E-state index in [1.807, 2.05) is 6.92 Å². The number of carbonyl (C=O) groups is 1. The molecule has 2 aliphatic heterocycles. The van der Waals surface area contributed by atoms with Crippen LogP contribution >= 0.6 is 0 Å². The summed E-state index contributed by atoms with van der Waals surface area (Å²) in [6.07, 6.45) is -2.79. The SMILES string of the molecule is CC1CC2CNCC2N1C(=O)c1ccc(C(F)(F)F)cn1. The molecule has 0 radical (unpaired) electrons. The van der Waals surface area contributed by atoms with Gasteiger partial charge >= 0.3 is 6.18 Å². The summed E-state index contributed by atoms with van der Waals surface area (Å²) in [6, 6.07) is 2.29. The largest absolute Gasteiger partial charge is 0.417 e. The molecule has 3 unspecified atom stereocenters. The first-order valence-corrected chi connectivity index (χ1v) is 6.94. The second-order valence-corrected chi connectivity index (χ2v) is 5.71. The molecule has 2 fully saturated rings. The van der Waals surface area contributed by atoms with Crippen LogP contribution in [-0.4, -0.2) is 41.0 Å². The van der Waals surface area contributed by atoms with Crippen molar-refractivity contribution in [2.45, 2.75) is 31.6 Å². The summed E-state index contributed by atoms with van der Waals surface area (Å²) in [6.45, 7) is 3.60. The number of nitrogens with zero attached hydrogens (tertiary/aromatic N) is 2. The Labute approximate surface area is 120 Å². The van der Waals surface area contributed by atoms with E-state index in [-0.39, 0.29) is 23.7 Å². The smallest absolute Gasteiger partial charge is 0.330 e. The average molecular weight is 299 g/mol. The third-order valence-corrected chi connectivity index (χ3v) is 4.32. The van der Waals surface area contributed by atoms with Crippen molar-refractivity contribution >= 4 is 5.91 Å². The van der Waals surface area contributed by atoms with E-state index in [9.17, 15) is 18.0 Å². The van der Waals surface area contributed by atoms with Crippen molar-refractivity contribution in [2.24, 2.45) is 5.92 Å². The lowest BCUT2D eigenvalue weighted by Gasteiger charge is -2.27. The lowest BCUT2D eigenvalue weighted by Crippen LogP contribution is -2.43. The molecule has 0 spiro atoms. The highest BCUT2D eigenvalue weighted by Gasteiger charge is 2.44. The summed E-state index contributed by atoms with van der Waals surface area (Å²) in [5.41, 5.74) is -0.767. The Hall–Kier alpha value is -1.63. The number of hydrogen-bond acceptors (Lipinski definition) is 3. The molecule has 21 heavy (non-hydrogen) atoms. The zero-order chi connectivity index (χ0) is 15.2. The van der Waals surface area contributed by atoms with Gasteiger partial charge in [0.25, 0.3) is 5.91 Å². The highest BCUT2D eigenvalue weighted by Crippen LogP contribution is 2.33. The van der Waals surface area contributed by atoms with Crippen molar-refractivity contribution in [2.75, 3.05) is 13.1 Å². The molecule has 3 rings (SSSR count). The normalized spacial score (nSPS) is 28.8. The highest BCUT2D eigenvalue weighted by atomic mass is 19.4. The van der Waals surface area contributed by atoms with Gasteiger partial charge in [0.15, 0.2) is 0 Å². The van der Waals surface area contributed by atoms with Crippen LogP contribution in [0.2, 0.25) is 0 Å². The quantitative estimate of drug-likeness (QED) is 0.862. The summed E-state index contributed by atoms with van der Waals surface area (Å²) in [5, 5.41) is 3.25. The van der Waals surface area contributed by atoms with Crippen LogP contribution in [0, 0.1) is 5.92 Å². The van der Waals surface area contributed by atoms with Crippen LogP contribution < -0.4 is 5.32 Å². The number of nitrogens with one attached hydrogen (secondary N) is 1. The first-order chi connectivity index (χ1) is 9.88. The lowest BCUT2D eigenvalue weighted by atomic mass is 10.0. The lowest BCUT2D eigenvalue weighted by molar-refractivity contribution is -0.137. The number of aromatic nitrogens is 1. The van der Waals surface area contributed by atoms with E-state index >= 15 is 0 Å². The maximum atomic E-state index is 12.5. The van der Waals surface area contributed by atoms with Crippen molar-refractivity contribution in [1.29, 1.82) is 0 Å². The van der Waals surface area contributed by atoms with Crippen LogP contribution in [-0.2, 0) is 6.18 Å². The standard InChI is InChI=1S/C14H16F3N3O/c1-8-4-9-5-18-7-12(9)20(8)13(21)11-3-2-10(6-19-11)14(15,16)17/h2-3,6,8-9,12,18H,4-5,7H2,1H3. The minimum Gasteiger partial charge on any atom is -0.330 e. The molecule has 3 atom stereocenters. The van der Waals surface area contributed by atoms with Gasteiger partial charge in [-0.15, -0.1) is 0 Å². The summed E-state index contributed by atoms with van der Waals surface area (Å²) in [4.78, 5) is 18.0. The number of halogens is 3. The number of pyridine rings is 1. The predicted octanol–water partition coefficient (Wildman–Crippen LogP) is 1.92. The number of hydrogen-bond donors (Lipinski definition) is 1. The van der Waals surface area contributed by atoms with Crippen LogP contribution in [0.25, 0.3) is 0 Å². The minimum atomic E-state index is -4.43. The van der Waals surface area contributed by atoms with Crippen molar-refractivity contribution in [3.8, 4) is 0 Å². The molecule has 1 aromatic heterocycles. The minimum absolute atomic E-state index is 0.0717. The molecule has 1 aromatic rings. The predicted molar refractivity (Wildman–Crippen MR) is 69.6 cm³/mol. The molecule has 0 saturated carbocycles. The first kappa shape index (κ1) is 14.3. The monoisotopic (exact) mass is 299 g/mol. The molecule has 4 nitrogen and oxygen atoms in total. The Bertz CT molecular complexity index is 543. The van der Waals surface area contributed by atoms with Crippen molar-refractivity contribution in [3.05, 3.63) is 29.6 Å². The molecule has 0 bridgehead atoms. The zero-order valence-electron chi connectivity index (χ0n) is 11.5. The Kier molecular flexibility index (Phi) is 3.39. The molecule has 0 aliphatic carbocycles. The Balaban J connectivity index is 1.82. The van der Waals surface area contributed by atoms with Crippen molar-refractivity contribution < 1.29 is 18.0 Å². The van der Waals surface area contributed by atoms with Crippen LogP contribution in [0.3, 0.4) is 0 Å². The maximum absolute atomic E-state index is 12.5. The maximum Gasteiger partial charge on any atom is 0.417 e. The Morgan fingerprint density at radius 2 is 2.14 bits per heavy atom. The molecule has 0 aromatic carbocycles. The molecule has 114 valence electrons. The van der Waals surface area contributed by atoms with Crippen LogP contribution in [0.5, 0.6) is 0 Å². The number of fused-ring (bicyclic) bond motifs is 1. The van der Waals surface area contributed by atoms with E-state index in [1.54, 1.807) is 4.90 Å². The first-order valence-electron chi connectivity index (χ1n) is 6.94.